The van der Waals surface area contributed by atoms with Gasteiger partial charge in [-0.1, -0.05) is 12.1 Å². The van der Waals surface area contributed by atoms with Crippen molar-refractivity contribution < 1.29 is 23.1 Å². The van der Waals surface area contributed by atoms with E-state index in [0.29, 0.717) is 0 Å². The molecule has 20 heavy (non-hydrogen) atoms. The SMILES string of the molecule is O=C(Cc1cccc(F)c1F)Nc1ccc(O)cc1F. The zero-order chi connectivity index (χ0) is 14.7. The summed E-state index contributed by atoms with van der Waals surface area (Å²) in [5, 5.41) is 11.2. The highest BCUT2D eigenvalue weighted by Crippen LogP contribution is 2.20. The number of benzene rings is 2. The molecule has 2 N–H and O–H groups in total. The van der Waals surface area contributed by atoms with Crippen LogP contribution >= 0.6 is 0 Å². The third kappa shape index (κ3) is 3.09. The lowest BCUT2D eigenvalue weighted by atomic mass is 10.1. The second-order valence-corrected chi connectivity index (χ2v) is 4.10. The van der Waals surface area contributed by atoms with Crippen LogP contribution in [0.15, 0.2) is 36.4 Å². The predicted molar refractivity (Wildman–Crippen MR) is 66.8 cm³/mol. The van der Waals surface area contributed by atoms with Crippen molar-refractivity contribution in [2.75, 3.05) is 5.32 Å². The molecule has 0 saturated carbocycles. The smallest absolute Gasteiger partial charge is 0.228 e. The molecule has 0 saturated heterocycles. The first-order valence-corrected chi connectivity index (χ1v) is 5.68. The van der Waals surface area contributed by atoms with Crippen LogP contribution in [0.1, 0.15) is 5.56 Å². The number of carbonyl (C=O) groups is 1. The summed E-state index contributed by atoms with van der Waals surface area (Å²) in [5.74, 6) is -3.95. The quantitative estimate of drug-likeness (QED) is 0.850. The average molecular weight is 281 g/mol. The van der Waals surface area contributed by atoms with Crippen LogP contribution in [-0.2, 0) is 11.2 Å². The fraction of sp³-hybridized carbons (Fsp3) is 0.0714. The van der Waals surface area contributed by atoms with E-state index in [4.69, 9.17) is 5.11 Å². The number of phenols is 1. The Bertz CT molecular complexity index is 659. The molecule has 0 atom stereocenters. The summed E-state index contributed by atoms with van der Waals surface area (Å²) in [7, 11) is 0. The van der Waals surface area contributed by atoms with Crippen LogP contribution in [0.25, 0.3) is 0 Å². The van der Waals surface area contributed by atoms with Gasteiger partial charge in [0.2, 0.25) is 5.91 Å². The molecule has 0 radical (unpaired) electrons. The fourth-order valence-corrected chi connectivity index (χ4v) is 1.66. The Labute approximate surface area is 112 Å². The van der Waals surface area contributed by atoms with E-state index in [9.17, 15) is 18.0 Å². The van der Waals surface area contributed by atoms with Gasteiger partial charge in [-0.2, -0.15) is 0 Å². The molecule has 1 amide bonds. The number of anilines is 1. The lowest BCUT2D eigenvalue weighted by Crippen LogP contribution is -2.16. The van der Waals surface area contributed by atoms with Gasteiger partial charge in [0.15, 0.2) is 11.6 Å². The van der Waals surface area contributed by atoms with Crippen molar-refractivity contribution in [2.24, 2.45) is 0 Å². The first kappa shape index (κ1) is 13.9. The lowest BCUT2D eigenvalue weighted by molar-refractivity contribution is -0.115. The summed E-state index contributed by atoms with van der Waals surface area (Å²) in [4.78, 5) is 11.7. The Hall–Kier alpha value is -2.50. The number of rotatable bonds is 3. The minimum atomic E-state index is -1.10. The summed E-state index contributed by atoms with van der Waals surface area (Å²) >= 11 is 0. The monoisotopic (exact) mass is 281 g/mol. The van der Waals surface area contributed by atoms with Crippen LogP contribution in [0.5, 0.6) is 5.75 Å². The molecule has 2 aromatic carbocycles. The van der Waals surface area contributed by atoms with Gasteiger partial charge in [0.05, 0.1) is 12.1 Å². The number of nitrogens with one attached hydrogen (secondary N) is 1. The molecule has 0 spiro atoms. The highest BCUT2D eigenvalue weighted by atomic mass is 19.2. The molecule has 0 aliphatic carbocycles. The van der Waals surface area contributed by atoms with Crippen molar-refractivity contribution in [3.05, 3.63) is 59.4 Å². The van der Waals surface area contributed by atoms with Crippen LogP contribution in [0.2, 0.25) is 0 Å². The molecule has 0 aromatic heterocycles. The van der Waals surface area contributed by atoms with E-state index in [1.807, 2.05) is 0 Å². The van der Waals surface area contributed by atoms with E-state index in [0.717, 1.165) is 12.1 Å². The fourth-order valence-electron chi connectivity index (χ4n) is 1.66. The molecule has 0 aliphatic heterocycles. The molecule has 0 heterocycles. The minimum Gasteiger partial charge on any atom is -0.508 e. The van der Waals surface area contributed by atoms with Crippen molar-refractivity contribution in [3.63, 3.8) is 0 Å². The van der Waals surface area contributed by atoms with Crippen molar-refractivity contribution in [3.8, 4) is 5.75 Å². The molecule has 0 unspecified atom stereocenters. The van der Waals surface area contributed by atoms with Crippen molar-refractivity contribution in [2.45, 2.75) is 6.42 Å². The Balaban J connectivity index is 2.11. The number of amides is 1. The van der Waals surface area contributed by atoms with Gasteiger partial charge in [0.1, 0.15) is 11.6 Å². The van der Waals surface area contributed by atoms with Gasteiger partial charge in [-0.25, -0.2) is 13.2 Å². The number of hydrogen-bond acceptors (Lipinski definition) is 2. The van der Waals surface area contributed by atoms with Gasteiger partial charge >= 0.3 is 0 Å². The van der Waals surface area contributed by atoms with Crippen LogP contribution in [0.3, 0.4) is 0 Å². The van der Waals surface area contributed by atoms with Crippen LogP contribution in [-0.4, -0.2) is 11.0 Å². The molecule has 2 rings (SSSR count). The van der Waals surface area contributed by atoms with Crippen molar-refractivity contribution >= 4 is 11.6 Å². The first-order valence-electron chi connectivity index (χ1n) is 5.68. The maximum atomic E-state index is 13.4. The molecule has 104 valence electrons. The third-order valence-electron chi connectivity index (χ3n) is 2.61. The molecule has 0 aliphatic rings. The van der Waals surface area contributed by atoms with Crippen molar-refractivity contribution in [1.29, 1.82) is 0 Å². The molecule has 6 heteroatoms. The van der Waals surface area contributed by atoms with Crippen molar-refractivity contribution in [1.82, 2.24) is 0 Å². The Morgan fingerprint density at radius 3 is 2.55 bits per heavy atom. The summed E-state index contributed by atoms with van der Waals surface area (Å²) in [5.41, 5.74) is -0.272. The summed E-state index contributed by atoms with van der Waals surface area (Å²) in [6, 6.07) is 6.69. The summed E-state index contributed by atoms with van der Waals surface area (Å²) in [6.07, 6.45) is -0.427. The highest BCUT2D eigenvalue weighted by Gasteiger charge is 2.13. The summed E-state index contributed by atoms with van der Waals surface area (Å²) < 4.78 is 39.7. The number of aromatic hydroxyl groups is 1. The Morgan fingerprint density at radius 1 is 1.10 bits per heavy atom. The zero-order valence-electron chi connectivity index (χ0n) is 10.2. The topological polar surface area (TPSA) is 49.3 Å². The number of halogens is 3. The Morgan fingerprint density at radius 2 is 1.85 bits per heavy atom. The maximum Gasteiger partial charge on any atom is 0.228 e. The van der Waals surface area contributed by atoms with Gasteiger partial charge in [-0.15, -0.1) is 0 Å². The summed E-state index contributed by atoms with van der Waals surface area (Å²) in [6.45, 7) is 0. The van der Waals surface area contributed by atoms with E-state index in [2.05, 4.69) is 5.32 Å². The number of hydrogen-bond donors (Lipinski definition) is 2. The van der Waals surface area contributed by atoms with Gasteiger partial charge in [-0.3, -0.25) is 4.79 Å². The second kappa shape index (κ2) is 5.64. The standard InChI is InChI=1S/C14H10F3NO2/c15-10-3-1-2-8(14(10)17)6-13(20)18-12-5-4-9(19)7-11(12)16/h1-5,7,19H,6H2,(H,18,20). The predicted octanol–water partition coefficient (Wildman–Crippen LogP) is 2.99. The number of phenolic OH excluding ortho intramolecular Hbond substituents is 1. The minimum absolute atomic E-state index is 0.123. The van der Waals surface area contributed by atoms with E-state index in [1.165, 1.54) is 24.3 Å². The Kier molecular flexibility index (Phi) is 3.93. The second-order valence-electron chi connectivity index (χ2n) is 4.10. The van der Waals surface area contributed by atoms with E-state index in [-0.39, 0.29) is 17.0 Å². The van der Waals surface area contributed by atoms with E-state index >= 15 is 0 Å². The third-order valence-corrected chi connectivity index (χ3v) is 2.61. The molecule has 0 bridgehead atoms. The maximum absolute atomic E-state index is 13.4. The van der Waals surface area contributed by atoms with E-state index < -0.39 is 29.8 Å². The van der Waals surface area contributed by atoms with Crippen LogP contribution in [0.4, 0.5) is 18.9 Å². The molecular formula is C14H10F3NO2. The average Bonchev–Trinajstić information content (AvgIpc) is 2.38. The number of carbonyl (C=O) groups excluding carboxylic acids is 1. The largest absolute Gasteiger partial charge is 0.508 e. The van der Waals surface area contributed by atoms with Gasteiger partial charge < -0.3 is 10.4 Å². The lowest BCUT2D eigenvalue weighted by Gasteiger charge is -2.07. The van der Waals surface area contributed by atoms with E-state index in [1.54, 1.807) is 0 Å². The first-order chi connectivity index (χ1) is 9.47. The van der Waals surface area contributed by atoms with Gasteiger partial charge in [0, 0.05) is 11.6 Å². The van der Waals surface area contributed by atoms with Gasteiger partial charge in [0.25, 0.3) is 0 Å². The molecule has 0 fully saturated rings. The normalized spacial score (nSPS) is 10.3. The molecular weight excluding hydrogens is 271 g/mol. The zero-order valence-corrected chi connectivity index (χ0v) is 10.2. The molecule has 2 aromatic rings. The van der Waals surface area contributed by atoms with Gasteiger partial charge in [-0.05, 0) is 18.2 Å². The van der Waals surface area contributed by atoms with Crippen LogP contribution < -0.4 is 5.32 Å². The molecule has 3 nitrogen and oxygen atoms in total. The van der Waals surface area contributed by atoms with Crippen LogP contribution in [0, 0.1) is 17.5 Å². The highest BCUT2D eigenvalue weighted by molar-refractivity contribution is 5.92.